The summed E-state index contributed by atoms with van der Waals surface area (Å²) in [6.07, 6.45) is 12.2. The summed E-state index contributed by atoms with van der Waals surface area (Å²) in [6.45, 7) is 7.26. The zero-order chi connectivity index (χ0) is 15.0. The highest BCUT2D eigenvalue weighted by Gasteiger charge is 2.37. The second-order valence-corrected chi connectivity index (χ2v) is 6.61. The summed E-state index contributed by atoms with van der Waals surface area (Å²) in [5.74, 6) is 0. The summed E-state index contributed by atoms with van der Waals surface area (Å²) in [7, 11) is 0. The molecule has 1 saturated heterocycles. The van der Waals surface area contributed by atoms with E-state index in [0.29, 0.717) is 5.54 Å². The molecule has 0 spiro atoms. The zero-order valence-corrected chi connectivity index (χ0v) is 14.1. The fraction of sp³-hybridized carbons (Fsp3) is 0.700. The Morgan fingerprint density at radius 2 is 1.57 bits per heavy atom. The quantitative estimate of drug-likeness (QED) is 0.523. The molecule has 1 aromatic rings. The van der Waals surface area contributed by atoms with Gasteiger partial charge >= 0.3 is 0 Å². The van der Waals surface area contributed by atoms with Crippen molar-refractivity contribution in [2.75, 3.05) is 13.1 Å². The number of nitrogens with zero attached hydrogens (tertiary/aromatic N) is 1. The van der Waals surface area contributed by atoms with Crippen LogP contribution in [0, 0.1) is 0 Å². The van der Waals surface area contributed by atoms with E-state index in [-0.39, 0.29) is 0 Å². The first-order valence-electron chi connectivity index (χ1n) is 9.14. The molecule has 0 N–H and O–H groups in total. The SMILES string of the molecule is CCCCCCCC(CC)(c1ccccc1)N1CCCC1. The third-order valence-electron chi connectivity index (χ3n) is 5.30. The number of rotatable bonds is 9. The molecule has 1 atom stereocenters. The summed E-state index contributed by atoms with van der Waals surface area (Å²) in [4.78, 5) is 2.78. The van der Waals surface area contributed by atoms with Crippen molar-refractivity contribution in [3.63, 3.8) is 0 Å². The van der Waals surface area contributed by atoms with E-state index < -0.39 is 0 Å². The second kappa shape index (κ2) is 8.58. The minimum atomic E-state index is 0.296. The van der Waals surface area contributed by atoms with Crippen LogP contribution in [0.4, 0.5) is 0 Å². The highest BCUT2D eigenvalue weighted by Crippen LogP contribution is 2.39. The molecule has 1 heterocycles. The van der Waals surface area contributed by atoms with Gasteiger partial charge in [-0.15, -0.1) is 0 Å². The zero-order valence-electron chi connectivity index (χ0n) is 14.1. The minimum absolute atomic E-state index is 0.296. The average Bonchev–Trinajstić information content (AvgIpc) is 3.07. The lowest BCUT2D eigenvalue weighted by atomic mass is 9.81. The molecule has 0 amide bonds. The maximum atomic E-state index is 2.78. The van der Waals surface area contributed by atoms with Crippen LogP contribution in [0.1, 0.15) is 77.2 Å². The van der Waals surface area contributed by atoms with Crippen molar-refractivity contribution >= 4 is 0 Å². The van der Waals surface area contributed by atoms with Crippen molar-refractivity contribution in [3.05, 3.63) is 35.9 Å². The van der Waals surface area contributed by atoms with Gasteiger partial charge < -0.3 is 0 Å². The fourth-order valence-electron chi connectivity index (χ4n) is 4.00. The molecule has 0 bridgehead atoms. The van der Waals surface area contributed by atoms with Crippen molar-refractivity contribution < 1.29 is 0 Å². The molecule has 0 saturated carbocycles. The Morgan fingerprint density at radius 3 is 2.19 bits per heavy atom. The smallest absolute Gasteiger partial charge is 0.0458 e. The van der Waals surface area contributed by atoms with Gasteiger partial charge in [0.25, 0.3) is 0 Å². The van der Waals surface area contributed by atoms with Crippen molar-refractivity contribution in [2.24, 2.45) is 0 Å². The van der Waals surface area contributed by atoms with E-state index in [4.69, 9.17) is 0 Å². The molecule has 1 aromatic carbocycles. The first-order chi connectivity index (χ1) is 10.3. The monoisotopic (exact) mass is 287 g/mol. The van der Waals surface area contributed by atoms with Crippen LogP contribution in [0.2, 0.25) is 0 Å². The number of unbranched alkanes of at least 4 members (excludes halogenated alkanes) is 4. The summed E-state index contributed by atoms with van der Waals surface area (Å²) >= 11 is 0. The molecule has 1 aliphatic heterocycles. The topological polar surface area (TPSA) is 3.24 Å². The van der Waals surface area contributed by atoms with Crippen LogP contribution >= 0.6 is 0 Å². The molecule has 0 aliphatic carbocycles. The molecule has 0 radical (unpaired) electrons. The Hall–Kier alpha value is -0.820. The number of likely N-dealkylation sites (tertiary alicyclic amines) is 1. The first kappa shape index (κ1) is 16.5. The van der Waals surface area contributed by atoms with Crippen molar-refractivity contribution in [1.82, 2.24) is 4.90 Å². The standard InChI is InChI=1S/C20H33N/c1-3-5-6-7-11-16-20(4-2,21-17-12-13-18-21)19-14-9-8-10-15-19/h8-10,14-15H,3-7,11-13,16-18H2,1-2H3. The van der Waals surface area contributed by atoms with Crippen LogP contribution in [0.15, 0.2) is 30.3 Å². The molecule has 1 heteroatoms. The van der Waals surface area contributed by atoms with Crippen LogP contribution in [-0.2, 0) is 5.54 Å². The van der Waals surface area contributed by atoms with Crippen LogP contribution in [0.25, 0.3) is 0 Å². The Kier molecular flexibility index (Phi) is 6.76. The molecule has 2 rings (SSSR count). The number of benzene rings is 1. The molecular formula is C20H33N. The van der Waals surface area contributed by atoms with Crippen molar-refractivity contribution in [3.8, 4) is 0 Å². The van der Waals surface area contributed by atoms with Gasteiger partial charge in [0.2, 0.25) is 0 Å². The second-order valence-electron chi connectivity index (χ2n) is 6.61. The Balaban J connectivity index is 2.09. The van der Waals surface area contributed by atoms with Crippen LogP contribution < -0.4 is 0 Å². The van der Waals surface area contributed by atoms with E-state index >= 15 is 0 Å². The summed E-state index contributed by atoms with van der Waals surface area (Å²) < 4.78 is 0. The van der Waals surface area contributed by atoms with Crippen LogP contribution in [-0.4, -0.2) is 18.0 Å². The maximum absolute atomic E-state index is 2.78. The molecule has 21 heavy (non-hydrogen) atoms. The van der Waals surface area contributed by atoms with E-state index in [0.717, 1.165) is 0 Å². The highest BCUT2D eigenvalue weighted by molar-refractivity contribution is 5.25. The molecule has 118 valence electrons. The van der Waals surface area contributed by atoms with E-state index in [9.17, 15) is 0 Å². The van der Waals surface area contributed by atoms with Crippen molar-refractivity contribution in [1.29, 1.82) is 0 Å². The van der Waals surface area contributed by atoms with Gasteiger partial charge in [-0.3, -0.25) is 4.90 Å². The van der Waals surface area contributed by atoms with E-state index in [1.807, 2.05) is 0 Å². The number of hydrogen-bond acceptors (Lipinski definition) is 1. The van der Waals surface area contributed by atoms with Gasteiger partial charge in [-0.25, -0.2) is 0 Å². The molecule has 0 aromatic heterocycles. The molecule has 1 nitrogen and oxygen atoms in total. The molecule has 1 aliphatic rings. The van der Waals surface area contributed by atoms with Gasteiger partial charge in [0, 0.05) is 5.54 Å². The van der Waals surface area contributed by atoms with Gasteiger partial charge in [0.15, 0.2) is 0 Å². The van der Waals surface area contributed by atoms with Crippen molar-refractivity contribution in [2.45, 2.75) is 77.2 Å². The Bertz CT molecular complexity index is 380. The van der Waals surface area contributed by atoms with E-state index in [1.165, 1.54) is 70.9 Å². The lowest BCUT2D eigenvalue weighted by Gasteiger charge is -2.42. The molecule has 1 fully saturated rings. The maximum Gasteiger partial charge on any atom is 0.0458 e. The molecule has 1 unspecified atom stereocenters. The van der Waals surface area contributed by atoms with Crippen LogP contribution in [0.3, 0.4) is 0 Å². The van der Waals surface area contributed by atoms with Gasteiger partial charge in [0.05, 0.1) is 0 Å². The third kappa shape index (κ3) is 4.10. The normalized spacial score (nSPS) is 18.8. The summed E-state index contributed by atoms with van der Waals surface area (Å²) in [5.41, 5.74) is 1.84. The lowest BCUT2D eigenvalue weighted by molar-refractivity contribution is 0.0952. The lowest BCUT2D eigenvalue weighted by Crippen LogP contribution is -2.44. The van der Waals surface area contributed by atoms with E-state index in [1.54, 1.807) is 5.56 Å². The summed E-state index contributed by atoms with van der Waals surface area (Å²) in [6, 6.07) is 11.3. The third-order valence-corrected chi connectivity index (χ3v) is 5.30. The Morgan fingerprint density at radius 1 is 0.905 bits per heavy atom. The predicted octanol–water partition coefficient (Wildman–Crippen LogP) is 5.75. The van der Waals surface area contributed by atoms with Gasteiger partial charge in [-0.2, -0.15) is 0 Å². The van der Waals surface area contributed by atoms with Gasteiger partial charge in [-0.1, -0.05) is 76.3 Å². The number of hydrogen-bond donors (Lipinski definition) is 0. The predicted molar refractivity (Wildman–Crippen MR) is 92.6 cm³/mol. The molecular weight excluding hydrogens is 254 g/mol. The van der Waals surface area contributed by atoms with E-state index in [2.05, 4.69) is 49.1 Å². The largest absolute Gasteiger partial charge is 0.294 e. The van der Waals surface area contributed by atoms with Gasteiger partial charge in [0.1, 0.15) is 0 Å². The Labute approximate surface area is 131 Å². The van der Waals surface area contributed by atoms with Crippen LogP contribution in [0.5, 0.6) is 0 Å². The fourth-order valence-corrected chi connectivity index (χ4v) is 4.00. The highest BCUT2D eigenvalue weighted by atomic mass is 15.2. The van der Waals surface area contributed by atoms with Gasteiger partial charge in [-0.05, 0) is 44.3 Å². The average molecular weight is 287 g/mol. The minimum Gasteiger partial charge on any atom is -0.294 e. The summed E-state index contributed by atoms with van der Waals surface area (Å²) in [5, 5.41) is 0. The first-order valence-corrected chi connectivity index (χ1v) is 9.14.